The normalized spacial score (nSPS) is 11.5. The number of anilines is 1. The highest BCUT2D eigenvalue weighted by Crippen LogP contribution is 2.33. The van der Waals surface area contributed by atoms with E-state index in [4.69, 9.17) is 21.1 Å². The number of rotatable bonds is 15. The smallest absolute Gasteiger partial charge is 0.342 e. The summed E-state index contributed by atoms with van der Waals surface area (Å²) in [5.41, 5.74) is 2.26. The van der Waals surface area contributed by atoms with Crippen LogP contribution in [0.15, 0.2) is 150 Å². The molecule has 8 nitrogen and oxygen atoms in total. The van der Waals surface area contributed by atoms with E-state index < -0.39 is 69.0 Å². The van der Waals surface area contributed by atoms with Crippen LogP contribution < -0.4 is 9.64 Å². The number of benzene rings is 7. The molecule has 0 aliphatic heterocycles. The molecule has 0 radical (unpaired) electrons. The van der Waals surface area contributed by atoms with Gasteiger partial charge in [0.2, 0.25) is 21.7 Å². The Labute approximate surface area is 358 Å². The number of carbonyl (C=O) groups excluding carboxylic acids is 2. The van der Waals surface area contributed by atoms with Crippen molar-refractivity contribution < 1.29 is 49.4 Å². The molecule has 316 valence electrons. The van der Waals surface area contributed by atoms with Crippen molar-refractivity contribution in [3.63, 3.8) is 0 Å². The monoisotopic (exact) mass is 884 g/mol. The molecule has 0 fully saturated rings. The van der Waals surface area contributed by atoms with Gasteiger partial charge in [0.05, 0.1) is 13.1 Å². The van der Waals surface area contributed by atoms with Gasteiger partial charge >= 0.3 is 5.97 Å². The molecular weight excluding hydrogens is 851 g/mol. The molecular formula is C47H34ClF5N2O6S. The maximum Gasteiger partial charge on any atom is 0.342 e. The Balaban J connectivity index is 1.31. The second-order valence-corrected chi connectivity index (χ2v) is 16.3. The van der Waals surface area contributed by atoms with Crippen LogP contribution >= 0.6 is 11.6 Å². The van der Waals surface area contributed by atoms with E-state index in [0.29, 0.717) is 9.87 Å². The molecule has 0 heterocycles. The SMILES string of the molecule is O=C(OCc1ccccc1)c1ccc(N(Cc2ccc3ccccc3c2)C(=O)CN(Cc2ccc(Cl)cc2)S(=O)(=O)c2c(F)c(F)c(F)c(F)c2F)cc1OCc1ccccc1. The Morgan fingerprint density at radius 3 is 1.77 bits per heavy atom. The van der Waals surface area contributed by atoms with Crippen LogP contribution in [0.25, 0.3) is 10.8 Å². The lowest BCUT2D eigenvalue weighted by Gasteiger charge is -2.28. The molecule has 0 saturated heterocycles. The van der Waals surface area contributed by atoms with E-state index >= 15 is 8.78 Å². The number of amides is 1. The van der Waals surface area contributed by atoms with E-state index in [-0.39, 0.29) is 47.3 Å². The summed E-state index contributed by atoms with van der Waals surface area (Å²) in [6, 6.07) is 40.4. The van der Waals surface area contributed by atoms with Crippen LogP contribution in [0.5, 0.6) is 5.75 Å². The molecule has 1 amide bonds. The maximum absolute atomic E-state index is 15.2. The van der Waals surface area contributed by atoms with Crippen LogP contribution in [-0.2, 0) is 45.9 Å². The highest BCUT2D eigenvalue weighted by Gasteiger charge is 2.39. The molecule has 0 aliphatic carbocycles. The average Bonchev–Trinajstić information content (AvgIpc) is 3.28. The second kappa shape index (κ2) is 19.0. The summed E-state index contributed by atoms with van der Waals surface area (Å²) in [5, 5.41) is 1.93. The van der Waals surface area contributed by atoms with Gasteiger partial charge in [-0.05, 0) is 63.4 Å². The van der Waals surface area contributed by atoms with E-state index in [9.17, 15) is 31.2 Å². The summed E-state index contributed by atoms with van der Waals surface area (Å²) in [7, 11) is -5.67. The molecule has 7 aromatic carbocycles. The summed E-state index contributed by atoms with van der Waals surface area (Å²) in [6.45, 7) is -2.23. The van der Waals surface area contributed by atoms with Crippen molar-refractivity contribution in [2.75, 3.05) is 11.4 Å². The first kappa shape index (κ1) is 43.5. The predicted molar refractivity (Wildman–Crippen MR) is 223 cm³/mol. The number of sulfonamides is 1. The number of carbonyl (C=O) groups is 2. The summed E-state index contributed by atoms with van der Waals surface area (Å²) < 4.78 is 114. The topological polar surface area (TPSA) is 93.2 Å². The minimum atomic E-state index is -5.67. The molecule has 0 spiro atoms. The van der Waals surface area contributed by atoms with Gasteiger partial charge in [0.1, 0.15) is 24.5 Å². The highest BCUT2D eigenvalue weighted by atomic mass is 35.5. The molecule has 0 aliphatic rings. The van der Waals surface area contributed by atoms with E-state index in [1.807, 2.05) is 42.5 Å². The zero-order valence-electron chi connectivity index (χ0n) is 32.4. The fourth-order valence-electron chi connectivity index (χ4n) is 6.54. The summed E-state index contributed by atoms with van der Waals surface area (Å²) >= 11 is 6.03. The van der Waals surface area contributed by atoms with Gasteiger partial charge in [0.25, 0.3) is 0 Å². The molecule has 0 aromatic heterocycles. The van der Waals surface area contributed by atoms with Crippen LogP contribution in [0.2, 0.25) is 5.02 Å². The molecule has 0 saturated carbocycles. The number of halogens is 6. The van der Waals surface area contributed by atoms with Crippen LogP contribution in [0.4, 0.5) is 27.6 Å². The van der Waals surface area contributed by atoms with E-state index in [2.05, 4.69) is 0 Å². The average molecular weight is 885 g/mol. The van der Waals surface area contributed by atoms with Crippen molar-refractivity contribution in [2.24, 2.45) is 0 Å². The quantitative estimate of drug-likeness (QED) is 0.0441. The summed E-state index contributed by atoms with van der Waals surface area (Å²) in [4.78, 5) is 27.4. The number of nitrogens with zero attached hydrogens (tertiary/aromatic N) is 2. The van der Waals surface area contributed by atoms with Crippen molar-refractivity contribution in [2.45, 2.75) is 31.2 Å². The van der Waals surface area contributed by atoms with Crippen molar-refractivity contribution in [1.29, 1.82) is 0 Å². The van der Waals surface area contributed by atoms with Crippen LogP contribution in [0.1, 0.15) is 32.6 Å². The number of fused-ring (bicyclic) bond motifs is 1. The summed E-state index contributed by atoms with van der Waals surface area (Å²) in [5.74, 6) is -14.5. The standard InChI is InChI=1S/C47H34ClF5N2O6S/c48-36-19-16-30(17-20-36)25-54(62(58,59)46-44(52)42(50)41(49)43(51)45(46)53)27-40(56)55(26-33-15-18-34-13-7-8-14-35(34)23-33)37-21-22-38(47(57)61-29-32-11-5-2-6-12-32)39(24-37)60-28-31-9-3-1-4-10-31/h1-24H,25-29H2. The predicted octanol–water partition coefficient (Wildman–Crippen LogP) is 10.5. The van der Waals surface area contributed by atoms with Crippen molar-refractivity contribution in [3.8, 4) is 5.75 Å². The first-order valence-corrected chi connectivity index (χ1v) is 20.7. The van der Waals surface area contributed by atoms with Gasteiger partial charge in [-0.15, -0.1) is 0 Å². The molecule has 0 unspecified atom stereocenters. The molecule has 15 heteroatoms. The third-order valence-corrected chi connectivity index (χ3v) is 11.8. The van der Waals surface area contributed by atoms with Gasteiger partial charge in [0.15, 0.2) is 28.2 Å². The molecule has 7 aromatic rings. The van der Waals surface area contributed by atoms with Crippen molar-refractivity contribution >= 4 is 50.0 Å². The molecule has 7 rings (SSSR count). The fourth-order valence-corrected chi connectivity index (χ4v) is 8.16. The van der Waals surface area contributed by atoms with E-state index in [1.165, 1.54) is 42.5 Å². The lowest BCUT2D eigenvalue weighted by Crippen LogP contribution is -2.43. The molecule has 0 bridgehead atoms. The zero-order valence-corrected chi connectivity index (χ0v) is 34.0. The Kier molecular flexibility index (Phi) is 13.3. The lowest BCUT2D eigenvalue weighted by atomic mass is 10.1. The van der Waals surface area contributed by atoms with Gasteiger partial charge in [-0.1, -0.05) is 121 Å². The number of esters is 1. The number of hydrogen-bond acceptors (Lipinski definition) is 6. The largest absolute Gasteiger partial charge is 0.488 e. The van der Waals surface area contributed by atoms with Gasteiger partial charge in [-0.2, -0.15) is 4.31 Å². The first-order chi connectivity index (χ1) is 29.8. The van der Waals surface area contributed by atoms with E-state index in [1.54, 1.807) is 60.7 Å². The number of ether oxygens (including phenoxy) is 2. The minimum Gasteiger partial charge on any atom is -0.488 e. The minimum absolute atomic E-state index is 0.00280. The van der Waals surface area contributed by atoms with Crippen molar-refractivity contribution in [1.82, 2.24) is 4.31 Å². The van der Waals surface area contributed by atoms with Gasteiger partial charge in [-0.25, -0.2) is 35.2 Å². The zero-order chi connectivity index (χ0) is 44.0. The summed E-state index contributed by atoms with van der Waals surface area (Å²) in [6.07, 6.45) is 0. The molecule has 62 heavy (non-hydrogen) atoms. The Morgan fingerprint density at radius 2 is 1.13 bits per heavy atom. The first-order valence-electron chi connectivity index (χ1n) is 18.9. The van der Waals surface area contributed by atoms with Crippen LogP contribution in [0.3, 0.4) is 0 Å². The van der Waals surface area contributed by atoms with Crippen molar-refractivity contribution in [3.05, 3.63) is 208 Å². The number of hydrogen-bond donors (Lipinski definition) is 0. The van der Waals surface area contributed by atoms with Gasteiger partial charge < -0.3 is 14.4 Å². The van der Waals surface area contributed by atoms with Crippen LogP contribution in [-0.4, -0.2) is 31.1 Å². The Bertz CT molecular complexity index is 2840. The Morgan fingerprint density at radius 1 is 0.565 bits per heavy atom. The Hall–Kier alpha value is -6.61. The fraction of sp³-hybridized carbons (Fsp3) is 0.106. The third-order valence-electron chi connectivity index (χ3n) is 9.75. The molecule has 0 N–H and O–H groups in total. The van der Waals surface area contributed by atoms with Gasteiger partial charge in [0, 0.05) is 23.3 Å². The van der Waals surface area contributed by atoms with Gasteiger partial charge in [-0.3, -0.25) is 4.79 Å². The van der Waals surface area contributed by atoms with Crippen LogP contribution in [0, 0.1) is 29.1 Å². The second-order valence-electron chi connectivity index (χ2n) is 14.0. The highest BCUT2D eigenvalue weighted by molar-refractivity contribution is 7.89. The maximum atomic E-state index is 15.2. The van der Waals surface area contributed by atoms with E-state index in [0.717, 1.165) is 26.8 Å². The third kappa shape index (κ3) is 9.78. The molecule has 0 atom stereocenters. The lowest BCUT2D eigenvalue weighted by molar-refractivity contribution is -0.119.